The molecule has 3 aromatic carbocycles. The zero-order valence-corrected chi connectivity index (χ0v) is 20.2. The molecular formula is C28H24N2O4S. The number of aromatic nitrogens is 1. The molecule has 35 heavy (non-hydrogen) atoms. The normalized spacial score (nSPS) is 14.8. The number of hydrogen-bond donors (Lipinski definition) is 0. The summed E-state index contributed by atoms with van der Waals surface area (Å²) in [5.41, 5.74) is 3.58. The van der Waals surface area contributed by atoms with E-state index in [2.05, 4.69) is 4.57 Å². The third kappa shape index (κ3) is 4.68. The average Bonchev–Trinajstić information content (AvgIpc) is 3.36. The fourth-order valence-corrected chi connectivity index (χ4v) is 4.87. The van der Waals surface area contributed by atoms with Crippen LogP contribution in [-0.4, -0.2) is 29.4 Å². The number of carbonyl (C=O) groups excluding carboxylic acids is 2. The lowest BCUT2D eigenvalue weighted by atomic mass is 10.1. The molecule has 5 rings (SSSR count). The number of hydrogen-bond acceptors (Lipinski definition) is 5. The van der Waals surface area contributed by atoms with E-state index in [4.69, 9.17) is 9.47 Å². The van der Waals surface area contributed by atoms with Gasteiger partial charge in [0.1, 0.15) is 18.1 Å². The summed E-state index contributed by atoms with van der Waals surface area (Å²) in [5, 5.41) is 0.723. The highest BCUT2D eigenvalue weighted by Gasteiger charge is 2.36. The summed E-state index contributed by atoms with van der Waals surface area (Å²) >= 11 is 0.966. The van der Waals surface area contributed by atoms with Crippen LogP contribution in [0.3, 0.4) is 0 Å². The van der Waals surface area contributed by atoms with Crippen LogP contribution in [0.4, 0.5) is 10.5 Å². The summed E-state index contributed by atoms with van der Waals surface area (Å²) in [6, 6.07) is 22.9. The van der Waals surface area contributed by atoms with Gasteiger partial charge >= 0.3 is 0 Å². The first kappa shape index (κ1) is 22.8. The molecule has 2 amide bonds. The van der Waals surface area contributed by atoms with Gasteiger partial charge < -0.3 is 14.0 Å². The molecule has 0 atom stereocenters. The first-order valence-electron chi connectivity index (χ1n) is 11.2. The number of rotatable bonds is 7. The van der Waals surface area contributed by atoms with Gasteiger partial charge in [-0.3, -0.25) is 9.59 Å². The summed E-state index contributed by atoms with van der Waals surface area (Å²) in [6.45, 7) is 3.08. The predicted octanol–water partition coefficient (Wildman–Crippen LogP) is 6.28. The third-order valence-corrected chi connectivity index (χ3v) is 6.72. The summed E-state index contributed by atoms with van der Waals surface area (Å²) in [7, 11) is 1.63. The van der Waals surface area contributed by atoms with Gasteiger partial charge in [-0.15, -0.1) is 0 Å². The van der Waals surface area contributed by atoms with Crippen LogP contribution in [0, 0.1) is 6.92 Å². The van der Waals surface area contributed by atoms with Crippen molar-refractivity contribution >= 4 is 45.6 Å². The van der Waals surface area contributed by atoms with Crippen molar-refractivity contribution in [1.82, 2.24) is 4.57 Å². The highest BCUT2D eigenvalue weighted by molar-refractivity contribution is 8.19. The number of aryl methyl sites for hydroxylation is 1. The van der Waals surface area contributed by atoms with Gasteiger partial charge in [0, 0.05) is 22.7 Å². The number of fused-ring (bicyclic) bond motifs is 1. The molecule has 0 radical (unpaired) electrons. The molecule has 7 heteroatoms. The summed E-state index contributed by atoms with van der Waals surface area (Å²) < 4.78 is 13.2. The van der Waals surface area contributed by atoms with Gasteiger partial charge in [0.15, 0.2) is 0 Å². The Balaban J connectivity index is 1.37. The van der Waals surface area contributed by atoms with Gasteiger partial charge in [-0.25, -0.2) is 4.90 Å². The molecule has 0 saturated carbocycles. The van der Waals surface area contributed by atoms with Crippen molar-refractivity contribution in [2.45, 2.75) is 13.5 Å². The molecule has 6 nitrogen and oxygen atoms in total. The Morgan fingerprint density at radius 1 is 0.914 bits per heavy atom. The van der Waals surface area contributed by atoms with E-state index in [1.54, 1.807) is 19.2 Å². The molecule has 176 valence electrons. The second-order valence-corrected chi connectivity index (χ2v) is 9.16. The van der Waals surface area contributed by atoms with E-state index in [1.807, 2.05) is 79.9 Å². The Hall–Kier alpha value is -3.97. The summed E-state index contributed by atoms with van der Waals surface area (Å²) in [4.78, 5) is 27.4. The van der Waals surface area contributed by atoms with E-state index in [0.717, 1.165) is 45.3 Å². The first-order valence-corrected chi connectivity index (χ1v) is 12.0. The minimum Gasteiger partial charge on any atom is -0.497 e. The Kier molecular flexibility index (Phi) is 6.33. The zero-order chi connectivity index (χ0) is 24.4. The van der Waals surface area contributed by atoms with Crippen LogP contribution >= 0.6 is 11.8 Å². The quantitative estimate of drug-likeness (QED) is 0.289. The van der Waals surface area contributed by atoms with Crippen LogP contribution in [0.15, 0.2) is 83.9 Å². The summed E-state index contributed by atoms with van der Waals surface area (Å²) in [5.74, 6) is 1.25. The average molecular weight is 485 g/mol. The summed E-state index contributed by atoms with van der Waals surface area (Å²) in [6.07, 6.45) is 3.81. The Morgan fingerprint density at radius 3 is 2.37 bits per heavy atom. The van der Waals surface area contributed by atoms with Crippen molar-refractivity contribution in [2.75, 3.05) is 18.6 Å². The molecule has 0 bridgehead atoms. The van der Waals surface area contributed by atoms with E-state index >= 15 is 0 Å². The number of carbonyl (C=O) groups is 2. The second kappa shape index (κ2) is 9.72. The van der Waals surface area contributed by atoms with Gasteiger partial charge in [-0.05, 0) is 67.2 Å². The number of para-hydroxylation sites is 1. The Labute approximate surface area is 207 Å². The van der Waals surface area contributed by atoms with Crippen molar-refractivity contribution < 1.29 is 19.1 Å². The van der Waals surface area contributed by atoms with Crippen LogP contribution in [0.2, 0.25) is 0 Å². The largest absolute Gasteiger partial charge is 0.497 e. The molecule has 1 fully saturated rings. The molecule has 1 aromatic heterocycles. The van der Waals surface area contributed by atoms with Crippen molar-refractivity contribution in [2.24, 2.45) is 0 Å². The van der Waals surface area contributed by atoms with Gasteiger partial charge in [0.05, 0.1) is 24.2 Å². The van der Waals surface area contributed by atoms with Crippen molar-refractivity contribution in [1.29, 1.82) is 0 Å². The maximum atomic E-state index is 13.1. The number of ether oxygens (including phenoxy) is 2. The number of benzene rings is 3. The van der Waals surface area contributed by atoms with Crippen LogP contribution in [0.1, 0.15) is 11.1 Å². The topological polar surface area (TPSA) is 60.8 Å². The third-order valence-electron chi connectivity index (χ3n) is 5.85. The smallest absolute Gasteiger partial charge is 0.298 e. The standard InChI is InChI=1S/C28H24N2O4S/c1-19-7-9-21(10-8-19)30-27(31)26(35-28(30)32)17-20-18-29(25-6-4-3-5-24(20)25)15-16-34-23-13-11-22(33-2)12-14-23/h3-14,17-18H,15-16H2,1-2H3/b26-17-. The molecule has 1 aliphatic heterocycles. The molecule has 1 aliphatic rings. The SMILES string of the molecule is COc1ccc(OCCn2cc(/C=C3\SC(=O)N(c4ccc(C)cc4)C3=O)c3ccccc32)cc1. The molecule has 0 N–H and O–H groups in total. The van der Waals surface area contributed by atoms with Gasteiger partial charge in [0.2, 0.25) is 0 Å². The van der Waals surface area contributed by atoms with Crippen molar-refractivity contribution in [3.05, 3.63) is 95.0 Å². The highest BCUT2D eigenvalue weighted by Crippen LogP contribution is 2.37. The number of imide groups is 1. The second-order valence-electron chi connectivity index (χ2n) is 8.17. The van der Waals surface area contributed by atoms with Gasteiger partial charge in [-0.1, -0.05) is 35.9 Å². The van der Waals surface area contributed by atoms with E-state index in [-0.39, 0.29) is 11.1 Å². The van der Waals surface area contributed by atoms with Crippen molar-refractivity contribution in [3.63, 3.8) is 0 Å². The van der Waals surface area contributed by atoms with Crippen LogP contribution in [-0.2, 0) is 11.3 Å². The lowest BCUT2D eigenvalue weighted by Crippen LogP contribution is -2.27. The molecule has 0 aliphatic carbocycles. The van der Waals surface area contributed by atoms with E-state index in [9.17, 15) is 9.59 Å². The number of nitrogens with zero attached hydrogens (tertiary/aromatic N) is 2. The number of methoxy groups -OCH3 is 1. The van der Waals surface area contributed by atoms with Crippen molar-refractivity contribution in [3.8, 4) is 11.5 Å². The Morgan fingerprint density at radius 2 is 1.63 bits per heavy atom. The Bertz CT molecular complexity index is 1420. The predicted molar refractivity (Wildman–Crippen MR) is 140 cm³/mol. The van der Waals surface area contributed by atoms with Crippen LogP contribution in [0.25, 0.3) is 17.0 Å². The van der Waals surface area contributed by atoms with Gasteiger partial charge in [0.25, 0.3) is 11.1 Å². The maximum Gasteiger partial charge on any atom is 0.298 e. The molecule has 4 aromatic rings. The van der Waals surface area contributed by atoms with E-state index < -0.39 is 0 Å². The molecule has 0 spiro atoms. The highest BCUT2D eigenvalue weighted by atomic mass is 32.2. The fraction of sp³-hybridized carbons (Fsp3) is 0.143. The van der Waals surface area contributed by atoms with E-state index in [0.29, 0.717) is 23.7 Å². The molecule has 0 unspecified atom stereocenters. The maximum absolute atomic E-state index is 13.1. The number of anilines is 1. The number of thioether (sulfide) groups is 1. The molecule has 2 heterocycles. The van der Waals surface area contributed by atoms with E-state index in [1.165, 1.54) is 4.90 Å². The van der Waals surface area contributed by atoms with Crippen LogP contribution < -0.4 is 14.4 Å². The minimum absolute atomic E-state index is 0.290. The molecule has 1 saturated heterocycles. The monoisotopic (exact) mass is 484 g/mol. The fourth-order valence-electron chi connectivity index (χ4n) is 4.03. The van der Waals surface area contributed by atoms with Gasteiger partial charge in [-0.2, -0.15) is 0 Å². The zero-order valence-electron chi connectivity index (χ0n) is 19.4. The molecular weight excluding hydrogens is 460 g/mol. The lowest BCUT2D eigenvalue weighted by molar-refractivity contribution is -0.113. The van der Waals surface area contributed by atoms with Crippen LogP contribution in [0.5, 0.6) is 11.5 Å². The lowest BCUT2D eigenvalue weighted by Gasteiger charge is -2.12. The first-order chi connectivity index (χ1) is 17.0. The minimum atomic E-state index is -0.302. The number of amides is 2.